The molecule has 9 heteroatoms. The fourth-order valence-electron chi connectivity index (χ4n) is 6.24. The van der Waals surface area contributed by atoms with Gasteiger partial charge in [0.25, 0.3) is 5.91 Å². The van der Waals surface area contributed by atoms with Gasteiger partial charge in [0.1, 0.15) is 5.75 Å². The second kappa shape index (κ2) is 19.5. The van der Waals surface area contributed by atoms with Gasteiger partial charge >= 0.3 is 5.97 Å². The minimum atomic E-state index is -0.869. The van der Waals surface area contributed by atoms with Crippen LogP contribution < -0.4 is 15.4 Å². The Morgan fingerprint density at radius 2 is 1.58 bits per heavy atom. The lowest BCUT2D eigenvalue weighted by Crippen LogP contribution is -2.40. The van der Waals surface area contributed by atoms with E-state index in [4.69, 9.17) is 24.5 Å². The van der Waals surface area contributed by atoms with Crippen molar-refractivity contribution in [3.8, 4) is 28.3 Å². The van der Waals surface area contributed by atoms with Gasteiger partial charge in [-0.3, -0.25) is 14.9 Å². The van der Waals surface area contributed by atoms with Crippen LogP contribution in [0.15, 0.2) is 79.1 Å². The zero-order chi connectivity index (χ0) is 37.6. The second-order valence-electron chi connectivity index (χ2n) is 15.1. The lowest BCUT2D eigenvalue weighted by atomic mass is 9.86. The first-order chi connectivity index (χ1) is 25.6. The highest BCUT2D eigenvalue weighted by Gasteiger charge is 2.27. The lowest BCUT2D eigenvalue weighted by Gasteiger charge is -2.21. The number of aliphatic carboxylic acids is 1. The Labute approximate surface area is 315 Å². The molecule has 9 nitrogen and oxygen atoms in total. The summed E-state index contributed by atoms with van der Waals surface area (Å²) in [6.45, 7) is 10.2. The summed E-state index contributed by atoms with van der Waals surface area (Å²) in [5.74, 6) is 1.19. The molecule has 0 radical (unpaired) electrons. The minimum absolute atomic E-state index is 0.00736. The summed E-state index contributed by atoms with van der Waals surface area (Å²) in [6, 6.07) is 21.9. The number of hydrogen-bond donors (Lipinski definition) is 3. The van der Waals surface area contributed by atoms with E-state index in [1.807, 2.05) is 60.9 Å². The molecule has 0 spiro atoms. The maximum Gasteiger partial charge on any atom is 0.304 e. The van der Waals surface area contributed by atoms with Crippen molar-refractivity contribution in [3.63, 3.8) is 0 Å². The van der Waals surface area contributed by atoms with Gasteiger partial charge in [-0.1, -0.05) is 95.8 Å². The van der Waals surface area contributed by atoms with Crippen LogP contribution in [0.2, 0.25) is 0 Å². The number of nitrogens with zero attached hydrogens (tertiary/aromatic N) is 2. The summed E-state index contributed by atoms with van der Waals surface area (Å²) >= 11 is 0. The van der Waals surface area contributed by atoms with Crippen molar-refractivity contribution >= 4 is 11.9 Å². The quantitative estimate of drug-likeness (QED) is 0.0577. The first kappa shape index (κ1) is 39.6. The van der Waals surface area contributed by atoms with E-state index in [1.165, 1.54) is 44.1 Å². The summed E-state index contributed by atoms with van der Waals surface area (Å²) in [6.07, 6.45) is 12.9. The van der Waals surface area contributed by atoms with Crippen LogP contribution in [-0.4, -0.2) is 59.5 Å². The fourth-order valence-corrected chi connectivity index (χ4v) is 6.24. The number of nitrogens with one attached hydrogen (secondary N) is 2. The second-order valence-corrected chi connectivity index (χ2v) is 15.1. The molecule has 0 bridgehead atoms. The van der Waals surface area contributed by atoms with Crippen molar-refractivity contribution in [2.75, 3.05) is 26.5 Å². The van der Waals surface area contributed by atoms with Gasteiger partial charge in [0.15, 0.2) is 5.82 Å². The highest BCUT2D eigenvalue weighted by Crippen LogP contribution is 2.45. The van der Waals surface area contributed by atoms with Gasteiger partial charge in [-0.05, 0) is 83.5 Å². The van der Waals surface area contributed by atoms with Crippen LogP contribution in [0.4, 0.5) is 0 Å². The Morgan fingerprint density at radius 3 is 2.25 bits per heavy atom. The normalized spacial score (nSPS) is 13.4. The summed E-state index contributed by atoms with van der Waals surface area (Å²) < 4.78 is 12.0. The lowest BCUT2D eigenvalue weighted by molar-refractivity contribution is -0.136. The van der Waals surface area contributed by atoms with Crippen molar-refractivity contribution in [3.05, 3.63) is 101 Å². The number of ether oxygens (including phenoxy) is 2. The number of unbranched alkanes of at least 4 members (excludes halogenated alkanes) is 4. The van der Waals surface area contributed by atoms with Crippen LogP contribution in [0, 0.1) is 0 Å². The van der Waals surface area contributed by atoms with Gasteiger partial charge < -0.3 is 19.9 Å². The maximum atomic E-state index is 13.3. The van der Waals surface area contributed by atoms with Crippen LogP contribution in [0.3, 0.4) is 0 Å². The minimum Gasteiger partial charge on any atom is -0.493 e. The third kappa shape index (κ3) is 12.5. The highest BCUT2D eigenvalue weighted by atomic mass is 16.5. The molecule has 4 aromatic rings. The number of carboxylic acid groups (broad SMARTS) is 1. The standard InChI is InChI=1S/C44H56N4O5/c1-5-6-7-8-9-24-53-40-21-18-35(26-39(40)32-14-15-32)36-27-46-42(47-28-36)33-12-10-31(11-13-33)25-38(29-52-30-45-23-22-41(49)50)48-43(51)34-16-19-37(20-17-34)44(2,3)4/h10-13,16-21,26-28,32,38,45H,5-9,14-15,22-25,29-30H2,1-4H3,(H,48,51)(H,49,50)/t38-/m0/s1. The largest absolute Gasteiger partial charge is 0.493 e. The average Bonchev–Trinajstić information content (AvgIpc) is 4.00. The van der Waals surface area contributed by atoms with Crippen LogP contribution in [0.25, 0.3) is 22.5 Å². The number of aromatic nitrogens is 2. The number of carbonyl (C=O) groups excluding carboxylic acids is 1. The molecule has 1 aliphatic rings. The van der Waals surface area contributed by atoms with Gasteiger partial charge in [0, 0.05) is 35.6 Å². The molecule has 1 fully saturated rings. The number of carbonyl (C=O) groups is 2. The van der Waals surface area contributed by atoms with E-state index < -0.39 is 5.97 Å². The molecule has 1 aliphatic carbocycles. The molecular formula is C44H56N4O5. The van der Waals surface area contributed by atoms with Gasteiger partial charge in [-0.2, -0.15) is 0 Å². The number of carboxylic acids is 1. The van der Waals surface area contributed by atoms with Crippen LogP contribution in [-0.2, 0) is 21.4 Å². The van der Waals surface area contributed by atoms with Crippen LogP contribution in [0.1, 0.15) is 112 Å². The van der Waals surface area contributed by atoms with Crippen molar-refractivity contribution in [1.29, 1.82) is 0 Å². The van der Waals surface area contributed by atoms with Gasteiger partial charge in [-0.15, -0.1) is 0 Å². The zero-order valence-corrected chi connectivity index (χ0v) is 31.8. The van der Waals surface area contributed by atoms with Crippen molar-refractivity contribution in [2.45, 2.75) is 103 Å². The molecule has 0 unspecified atom stereocenters. The van der Waals surface area contributed by atoms with Crippen LogP contribution in [0.5, 0.6) is 5.75 Å². The van der Waals surface area contributed by atoms with Crippen molar-refractivity contribution in [1.82, 2.24) is 20.6 Å². The fraction of sp³-hybridized carbons (Fsp3) is 0.455. The number of benzene rings is 3. The SMILES string of the molecule is CCCCCCCOc1ccc(-c2cnc(-c3ccc(C[C@@H](COCNCCC(=O)O)NC(=O)c4ccc(C(C)(C)C)cc4)cc3)nc2)cc1C1CC1. The molecule has 282 valence electrons. The molecule has 1 atom stereocenters. The molecule has 0 saturated heterocycles. The van der Waals surface area contributed by atoms with Gasteiger partial charge in [0.05, 0.1) is 32.4 Å². The smallest absolute Gasteiger partial charge is 0.304 e. The molecule has 1 heterocycles. The molecule has 53 heavy (non-hydrogen) atoms. The van der Waals surface area contributed by atoms with E-state index in [2.05, 4.69) is 56.5 Å². The summed E-state index contributed by atoms with van der Waals surface area (Å²) in [7, 11) is 0. The average molecular weight is 721 g/mol. The molecule has 1 amide bonds. The summed E-state index contributed by atoms with van der Waals surface area (Å²) in [4.78, 5) is 33.5. The van der Waals surface area contributed by atoms with E-state index in [1.54, 1.807) is 0 Å². The van der Waals surface area contributed by atoms with E-state index in [-0.39, 0.29) is 37.1 Å². The Bertz CT molecular complexity index is 1750. The molecule has 3 aromatic carbocycles. The molecule has 3 N–H and O–H groups in total. The summed E-state index contributed by atoms with van der Waals surface area (Å²) in [5.41, 5.74) is 7.03. The van der Waals surface area contributed by atoms with Gasteiger partial charge in [0.2, 0.25) is 0 Å². The maximum absolute atomic E-state index is 13.3. The predicted octanol–water partition coefficient (Wildman–Crippen LogP) is 8.71. The van der Waals surface area contributed by atoms with Crippen LogP contribution >= 0.6 is 0 Å². The number of amides is 1. The Morgan fingerprint density at radius 1 is 0.887 bits per heavy atom. The Kier molecular flexibility index (Phi) is 14.5. The highest BCUT2D eigenvalue weighted by molar-refractivity contribution is 5.94. The van der Waals surface area contributed by atoms with Crippen molar-refractivity contribution in [2.24, 2.45) is 0 Å². The molecule has 1 saturated carbocycles. The van der Waals surface area contributed by atoms with E-state index >= 15 is 0 Å². The van der Waals surface area contributed by atoms with Gasteiger partial charge in [-0.25, -0.2) is 9.97 Å². The summed E-state index contributed by atoms with van der Waals surface area (Å²) in [5, 5.41) is 15.0. The number of hydrogen-bond acceptors (Lipinski definition) is 7. The molecular weight excluding hydrogens is 665 g/mol. The van der Waals surface area contributed by atoms with E-state index in [9.17, 15) is 9.59 Å². The third-order valence-corrected chi connectivity index (χ3v) is 9.60. The topological polar surface area (TPSA) is 123 Å². The molecule has 1 aromatic heterocycles. The number of rotatable bonds is 21. The first-order valence-corrected chi connectivity index (χ1v) is 19.2. The monoisotopic (exact) mass is 720 g/mol. The van der Waals surface area contributed by atoms with Crippen molar-refractivity contribution < 1.29 is 24.2 Å². The molecule has 5 rings (SSSR count). The predicted molar refractivity (Wildman–Crippen MR) is 210 cm³/mol. The first-order valence-electron chi connectivity index (χ1n) is 19.2. The Balaban J connectivity index is 1.20. The van der Waals surface area contributed by atoms with E-state index in [0.29, 0.717) is 30.3 Å². The molecule has 0 aliphatic heterocycles. The van der Waals surface area contributed by atoms with E-state index in [0.717, 1.165) is 46.6 Å². The third-order valence-electron chi connectivity index (χ3n) is 9.60. The zero-order valence-electron chi connectivity index (χ0n) is 31.8. The Hall–Kier alpha value is -4.60.